The molecule has 2 fully saturated rings. The molecule has 1 amide bonds. The van der Waals surface area contributed by atoms with Crippen molar-refractivity contribution in [3.8, 4) is 0 Å². The number of amides is 1. The normalized spacial score (nSPS) is 39.8. The molecule has 3 N–H and O–H groups in total. The second-order valence-electron chi connectivity index (χ2n) is 6.81. The molecule has 0 radical (unpaired) electrons. The minimum Gasteiger partial charge on any atom is -0.388 e. The Morgan fingerprint density at radius 3 is 2.58 bits per heavy atom. The molecule has 0 aromatic heterocycles. The van der Waals surface area contributed by atoms with Gasteiger partial charge in [-0.1, -0.05) is 6.92 Å². The lowest BCUT2D eigenvalue weighted by molar-refractivity contribution is -0.129. The Kier molecular flexibility index (Phi) is 4.51. The van der Waals surface area contributed by atoms with Crippen LogP contribution in [0.15, 0.2) is 0 Å². The molecule has 2 rings (SSSR count). The Labute approximate surface area is 116 Å². The van der Waals surface area contributed by atoms with Crippen LogP contribution >= 0.6 is 0 Å². The van der Waals surface area contributed by atoms with E-state index in [0.29, 0.717) is 12.5 Å². The number of carbonyl (C=O) groups is 1. The summed E-state index contributed by atoms with van der Waals surface area (Å²) >= 11 is 0. The third kappa shape index (κ3) is 3.69. The molecular formula is C15H28N2O2. The lowest BCUT2D eigenvalue weighted by Gasteiger charge is -2.37. The summed E-state index contributed by atoms with van der Waals surface area (Å²) in [4.78, 5) is 12.3. The number of carbonyl (C=O) groups excluding carboxylic acids is 1. The van der Waals surface area contributed by atoms with Crippen molar-refractivity contribution in [3.05, 3.63) is 0 Å². The lowest BCUT2D eigenvalue weighted by atomic mass is 9.79. The highest BCUT2D eigenvalue weighted by Gasteiger charge is 2.37. The zero-order valence-electron chi connectivity index (χ0n) is 12.3. The molecule has 1 saturated heterocycles. The Bertz CT molecular complexity index is 316. The molecule has 1 aliphatic heterocycles. The summed E-state index contributed by atoms with van der Waals surface area (Å²) in [7, 11) is 0. The molecule has 1 aliphatic carbocycles. The molecule has 0 aromatic carbocycles. The fraction of sp³-hybridized carbons (Fsp3) is 0.933. The number of piperidine rings is 1. The molecule has 4 nitrogen and oxygen atoms in total. The van der Waals surface area contributed by atoms with Gasteiger partial charge in [-0.2, -0.15) is 0 Å². The van der Waals surface area contributed by atoms with Crippen LogP contribution < -0.4 is 10.6 Å². The summed E-state index contributed by atoms with van der Waals surface area (Å²) in [5.41, 5.74) is -1.14. The van der Waals surface area contributed by atoms with Gasteiger partial charge in [-0.3, -0.25) is 4.79 Å². The number of hydrogen-bond acceptors (Lipinski definition) is 3. The van der Waals surface area contributed by atoms with Crippen molar-refractivity contribution < 1.29 is 9.90 Å². The van der Waals surface area contributed by atoms with Gasteiger partial charge in [0.15, 0.2) is 0 Å². The number of rotatable bonds is 3. The van der Waals surface area contributed by atoms with Gasteiger partial charge in [-0.05, 0) is 64.3 Å². The average molecular weight is 268 g/mol. The van der Waals surface area contributed by atoms with Crippen LogP contribution in [0.3, 0.4) is 0 Å². The molecule has 1 atom stereocenters. The highest BCUT2D eigenvalue weighted by Crippen LogP contribution is 2.31. The average Bonchev–Trinajstić information content (AvgIpc) is 2.41. The van der Waals surface area contributed by atoms with Crippen LogP contribution in [-0.2, 0) is 4.79 Å². The topological polar surface area (TPSA) is 61.4 Å². The predicted octanol–water partition coefficient (Wildman–Crippen LogP) is 1.58. The first-order valence-corrected chi connectivity index (χ1v) is 7.69. The molecule has 19 heavy (non-hydrogen) atoms. The van der Waals surface area contributed by atoms with Gasteiger partial charge in [0.05, 0.1) is 11.1 Å². The summed E-state index contributed by atoms with van der Waals surface area (Å²) in [6.07, 6.45) is 6.85. The first kappa shape index (κ1) is 14.8. The molecule has 1 heterocycles. The molecule has 110 valence electrons. The highest BCUT2D eigenvalue weighted by atomic mass is 16.3. The second-order valence-corrected chi connectivity index (χ2v) is 6.81. The van der Waals surface area contributed by atoms with E-state index in [0.717, 1.165) is 51.5 Å². The van der Waals surface area contributed by atoms with Gasteiger partial charge < -0.3 is 15.7 Å². The summed E-state index contributed by atoms with van der Waals surface area (Å²) in [6, 6.07) is 0. The van der Waals surface area contributed by atoms with Crippen molar-refractivity contribution in [2.75, 3.05) is 13.1 Å². The van der Waals surface area contributed by atoms with Crippen LogP contribution in [0.1, 0.15) is 58.8 Å². The van der Waals surface area contributed by atoms with E-state index in [4.69, 9.17) is 0 Å². The third-order valence-corrected chi connectivity index (χ3v) is 4.90. The first-order chi connectivity index (χ1) is 8.94. The molecular weight excluding hydrogens is 240 g/mol. The molecule has 2 aliphatic rings. The SMILES string of the molecule is CC1CCC(O)(CNC(=O)C2(C)CCCCN2)CC1. The predicted molar refractivity (Wildman–Crippen MR) is 75.9 cm³/mol. The van der Waals surface area contributed by atoms with E-state index in [9.17, 15) is 9.90 Å². The third-order valence-electron chi connectivity index (χ3n) is 4.90. The molecule has 1 saturated carbocycles. The molecule has 0 aromatic rings. The summed E-state index contributed by atoms with van der Waals surface area (Å²) in [5.74, 6) is 0.743. The lowest BCUT2D eigenvalue weighted by Crippen LogP contribution is -2.59. The maximum absolute atomic E-state index is 12.3. The molecule has 1 unspecified atom stereocenters. The highest BCUT2D eigenvalue weighted by molar-refractivity contribution is 5.86. The fourth-order valence-corrected chi connectivity index (χ4v) is 3.17. The number of nitrogens with one attached hydrogen (secondary N) is 2. The van der Waals surface area contributed by atoms with Gasteiger partial charge in [-0.15, -0.1) is 0 Å². The quantitative estimate of drug-likeness (QED) is 0.728. The van der Waals surface area contributed by atoms with E-state index in [1.54, 1.807) is 0 Å². The standard InChI is InChI=1S/C15H28N2O2/c1-12-5-8-15(19,9-6-12)11-16-13(18)14(2)7-3-4-10-17-14/h12,17,19H,3-11H2,1-2H3,(H,16,18). The van der Waals surface area contributed by atoms with Crippen LogP contribution in [0.4, 0.5) is 0 Å². The smallest absolute Gasteiger partial charge is 0.240 e. The Morgan fingerprint density at radius 2 is 2.00 bits per heavy atom. The van der Waals surface area contributed by atoms with Crippen LogP contribution in [0.25, 0.3) is 0 Å². The van der Waals surface area contributed by atoms with E-state index in [1.165, 1.54) is 0 Å². The van der Waals surface area contributed by atoms with Gasteiger partial charge in [-0.25, -0.2) is 0 Å². The largest absolute Gasteiger partial charge is 0.388 e. The maximum atomic E-state index is 12.3. The van der Waals surface area contributed by atoms with Crippen molar-refractivity contribution in [1.82, 2.24) is 10.6 Å². The Hall–Kier alpha value is -0.610. The second kappa shape index (κ2) is 5.80. The minimum atomic E-state index is -0.687. The van der Waals surface area contributed by atoms with Crippen LogP contribution in [0.2, 0.25) is 0 Å². The zero-order valence-corrected chi connectivity index (χ0v) is 12.3. The molecule has 0 bridgehead atoms. The van der Waals surface area contributed by atoms with Crippen molar-refractivity contribution in [1.29, 1.82) is 0 Å². The molecule has 0 spiro atoms. The van der Waals surface area contributed by atoms with Gasteiger partial charge in [0.2, 0.25) is 5.91 Å². The van der Waals surface area contributed by atoms with Crippen LogP contribution in [-0.4, -0.2) is 35.2 Å². The number of aliphatic hydroxyl groups is 1. The van der Waals surface area contributed by atoms with Gasteiger partial charge in [0, 0.05) is 6.54 Å². The molecule has 4 heteroatoms. The van der Waals surface area contributed by atoms with Crippen molar-refractivity contribution in [2.45, 2.75) is 69.9 Å². The zero-order chi connectivity index (χ0) is 13.9. The Morgan fingerprint density at radius 1 is 1.32 bits per heavy atom. The van der Waals surface area contributed by atoms with E-state index < -0.39 is 11.1 Å². The van der Waals surface area contributed by atoms with E-state index in [-0.39, 0.29) is 5.91 Å². The summed E-state index contributed by atoms with van der Waals surface area (Å²) in [6.45, 7) is 5.50. The number of hydrogen-bond donors (Lipinski definition) is 3. The van der Waals surface area contributed by atoms with Crippen LogP contribution in [0, 0.1) is 5.92 Å². The van der Waals surface area contributed by atoms with E-state index in [1.807, 2.05) is 6.92 Å². The van der Waals surface area contributed by atoms with Crippen LogP contribution in [0.5, 0.6) is 0 Å². The Balaban J connectivity index is 1.82. The van der Waals surface area contributed by atoms with Crippen molar-refractivity contribution >= 4 is 5.91 Å². The van der Waals surface area contributed by atoms with Gasteiger partial charge in [0.25, 0.3) is 0 Å². The van der Waals surface area contributed by atoms with Gasteiger partial charge >= 0.3 is 0 Å². The maximum Gasteiger partial charge on any atom is 0.240 e. The van der Waals surface area contributed by atoms with Crippen molar-refractivity contribution in [2.24, 2.45) is 5.92 Å². The summed E-state index contributed by atoms with van der Waals surface area (Å²) in [5, 5.41) is 16.8. The van der Waals surface area contributed by atoms with Crippen molar-refractivity contribution in [3.63, 3.8) is 0 Å². The monoisotopic (exact) mass is 268 g/mol. The van der Waals surface area contributed by atoms with E-state index >= 15 is 0 Å². The van der Waals surface area contributed by atoms with Gasteiger partial charge in [0.1, 0.15) is 0 Å². The summed E-state index contributed by atoms with van der Waals surface area (Å²) < 4.78 is 0. The van der Waals surface area contributed by atoms with E-state index in [2.05, 4.69) is 17.6 Å². The fourth-order valence-electron chi connectivity index (χ4n) is 3.17. The first-order valence-electron chi connectivity index (χ1n) is 7.69. The minimum absolute atomic E-state index is 0.0410.